The number of carbonyl (C=O) groups excluding carboxylic acids is 1. The molecule has 1 rings (SSSR count). The third-order valence-electron chi connectivity index (χ3n) is 2.50. The fourth-order valence-electron chi connectivity index (χ4n) is 1.36. The molecule has 0 aliphatic carbocycles. The zero-order chi connectivity index (χ0) is 12.1. The van der Waals surface area contributed by atoms with E-state index in [1.165, 1.54) is 4.90 Å². The van der Waals surface area contributed by atoms with Crippen LogP contribution in [0.1, 0.15) is 32.4 Å². The Kier molecular flexibility index (Phi) is 4.87. The van der Waals surface area contributed by atoms with E-state index < -0.39 is 0 Å². The summed E-state index contributed by atoms with van der Waals surface area (Å²) in [4.78, 5) is 12.8. The Morgan fingerprint density at radius 1 is 1.19 bits per heavy atom. The molecule has 1 aromatic rings. The van der Waals surface area contributed by atoms with Gasteiger partial charge in [-0.3, -0.25) is 4.79 Å². The zero-order valence-corrected chi connectivity index (χ0v) is 11.1. The number of thioether (sulfide) groups is 1. The van der Waals surface area contributed by atoms with E-state index in [-0.39, 0.29) is 17.9 Å². The van der Waals surface area contributed by atoms with E-state index in [4.69, 9.17) is 0 Å². The van der Waals surface area contributed by atoms with Crippen LogP contribution in [0.3, 0.4) is 0 Å². The SMILES string of the molecule is CSc1ccc(C(C)NC(=O)C(C)C)cc1. The topological polar surface area (TPSA) is 29.1 Å². The molecular formula is C13H19NOS. The van der Waals surface area contributed by atoms with Crippen molar-refractivity contribution in [3.63, 3.8) is 0 Å². The number of rotatable bonds is 4. The standard InChI is InChI=1S/C13H19NOS/c1-9(2)13(15)14-10(3)11-5-7-12(16-4)8-6-11/h5-10H,1-4H3,(H,14,15). The normalized spacial score (nSPS) is 12.6. The number of benzene rings is 1. The van der Waals surface area contributed by atoms with Crippen molar-refractivity contribution in [2.45, 2.75) is 31.7 Å². The Balaban J connectivity index is 2.65. The maximum atomic E-state index is 11.5. The van der Waals surface area contributed by atoms with Crippen molar-refractivity contribution in [3.8, 4) is 0 Å². The number of carbonyl (C=O) groups is 1. The molecule has 0 heterocycles. The number of hydrogen-bond donors (Lipinski definition) is 1. The second-order valence-corrected chi connectivity index (χ2v) is 5.04. The lowest BCUT2D eigenvalue weighted by Gasteiger charge is -2.16. The molecule has 0 bridgehead atoms. The molecular weight excluding hydrogens is 218 g/mol. The molecule has 1 aromatic carbocycles. The lowest BCUT2D eigenvalue weighted by molar-refractivity contribution is -0.124. The first-order valence-electron chi connectivity index (χ1n) is 5.49. The maximum absolute atomic E-state index is 11.5. The molecule has 0 fully saturated rings. The van der Waals surface area contributed by atoms with Gasteiger partial charge in [0.25, 0.3) is 0 Å². The summed E-state index contributed by atoms with van der Waals surface area (Å²) in [6.07, 6.45) is 2.05. The van der Waals surface area contributed by atoms with Gasteiger partial charge in [-0.2, -0.15) is 0 Å². The van der Waals surface area contributed by atoms with Crippen molar-refractivity contribution < 1.29 is 4.79 Å². The highest BCUT2D eigenvalue weighted by Gasteiger charge is 2.11. The van der Waals surface area contributed by atoms with Crippen molar-refractivity contribution in [1.82, 2.24) is 5.32 Å². The van der Waals surface area contributed by atoms with Crippen molar-refractivity contribution in [1.29, 1.82) is 0 Å². The van der Waals surface area contributed by atoms with E-state index >= 15 is 0 Å². The molecule has 3 heteroatoms. The minimum Gasteiger partial charge on any atom is -0.349 e. The molecule has 1 unspecified atom stereocenters. The maximum Gasteiger partial charge on any atom is 0.223 e. The minimum atomic E-state index is 0.0351. The van der Waals surface area contributed by atoms with Gasteiger partial charge in [0, 0.05) is 10.8 Å². The van der Waals surface area contributed by atoms with Crippen molar-refractivity contribution >= 4 is 17.7 Å². The molecule has 0 saturated heterocycles. The molecule has 0 aliphatic rings. The van der Waals surface area contributed by atoms with Crippen LogP contribution in [0.2, 0.25) is 0 Å². The molecule has 1 N–H and O–H groups in total. The molecule has 1 amide bonds. The Morgan fingerprint density at radius 2 is 1.75 bits per heavy atom. The Bertz CT molecular complexity index is 345. The van der Waals surface area contributed by atoms with Crippen LogP contribution in [-0.2, 0) is 4.79 Å². The second kappa shape index (κ2) is 5.94. The van der Waals surface area contributed by atoms with Crippen LogP contribution < -0.4 is 5.32 Å². The molecule has 1 atom stereocenters. The summed E-state index contributed by atoms with van der Waals surface area (Å²) in [5.74, 6) is 0.134. The molecule has 0 aliphatic heterocycles. The van der Waals surface area contributed by atoms with Crippen molar-refractivity contribution in [3.05, 3.63) is 29.8 Å². The smallest absolute Gasteiger partial charge is 0.223 e. The van der Waals surface area contributed by atoms with Gasteiger partial charge in [-0.25, -0.2) is 0 Å². The second-order valence-electron chi connectivity index (χ2n) is 4.16. The Labute approximate surface area is 102 Å². The van der Waals surface area contributed by atoms with E-state index in [9.17, 15) is 4.79 Å². The van der Waals surface area contributed by atoms with Gasteiger partial charge < -0.3 is 5.32 Å². The predicted octanol–water partition coefficient (Wildman–Crippen LogP) is 3.24. The number of hydrogen-bond acceptors (Lipinski definition) is 2. The minimum absolute atomic E-state index is 0.0351. The Morgan fingerprint density at radius 3 is 2.19 bits per heavy atom. The quantitative estimate of drug-likeness (QED) is 0.815. The van der Waals surface area contributed by atoms with Gasteiger partial charge in [0.15, 0.2) is 0 Å². The van der Waals surface area contributed by atoms with E-state index in [1.807, 2.05) is 20.8 Å². The first-order valence-corrected chi connectivity index (χ1v) is 6.71. The fourth-order valence-corrected chi connectivity index (χ4v) is 1.76. The lowest BCUT2D eigenvalue weighted by Crippen LogP contribution is -2.30. The van der Waals surface area contributed by atoms with Crippen LogP contribution >= 0.6 is 11.8 Å². The molecule has 16 heavy (non-hydrogen) atoms. The van der Waals surface area contributed by atoms with Gasteiger partial charge in [0.05, 0.1) is 6.04 Å². The highest BCUT2D eigenvalue weighted by atomic mass is 32.2. The largest absolute Gasteiger partial charge is 0.349 e. The highest BCUT2D eigenvalue weighted by Crippen LogP contribution is 2.19. The van der Waals surface area contributed by atoms with Crippen LogP contribution in [0.5, 0.6) is 0 Å². The van der Waals surface area contributed by atoms with Gasteiger partial charge in [-0.15, -0.1) is 11.8 Å². The average molecular weight is 237 g/mol. The summed E-state index contributed by atoms with van der Waals surface area (Å²) >= 11 is 1.72. The Hall–Kier alpha value is -0.960. The summed E-state index contributed by atoms with van der Waals surface area (Å²) in [6.45, 7) is 5.81. The molecule has 0 radical (unpaired) electrons. The first-order chi connectivity index (χ1) is 7.54. The van der Waals surface area contributed by atoms with E-state index in [1.54, 1.807) is 11.8 Å². The number of nitrogens with one attached hydrogen (secondary N) is 1. The van der Waals surface area contributed by atoms with E-state index in [2.05, 4.69) is 35.8 Å². The summed E-state index contributed by atoms with van der Waals surface area (Å²) < 4.78 is 0. The number of amides is 1. The van der Waals surface area contributed by atoms with Crippen LogP contribution in [0.25, 0.3) is 0 Å². The molecule has 0 aromatic heterocycles. The van der Waals surface area contributed by atoms with Gasteiger partial charge >= 0.3 is 0 Å². The third kappa shape index (κ3) is 3.56. The van der Waals surface area contributed by atoms with Gasteiger partial charge in [-0.1, -0.05) is 26.0 Å². The summed E-state index contributed by atoms with van der Waals surface area (Å²) in [5.41, 5.74) is 1.15. The van der Waals surface area contributed by atoms with E-state index in [0.29, 0.717) is 0 Å². The highest BCUT2D eigenvalue weighted by molar-refractivity contribution is 7.98. The van der Waals surface area contributed by atoms with Crippen molar-refractivity contribution in [2.75, 3.05) is 6.26 Å². The van der Waals surface area contributed by atoms with Crippen LogP contribution in [0.15, 0.2) is 29.2 Å². The molecule has 88 valence electrons. The van der Waals surface area contributed by atoms with Crippen LogP contribution in [0, 0.1) is 5.92 Å². The average Bonchev–Trinajstić information content (AvgIpc) is 2.28. The molecule has 0 saturated carbocycles. The fraction of sp³-hybridized carbons (Fsp3) is 0.462. The summed E-state index contributed by atoms with van der Waals surface area (Å²) in [6, 6.07) is 8.37. The molecule has 2 nitrogen and oxygen atoms in total. The van der Waals surface area contributed by atoms with Gasteiger partial charge in [-0.05, 0) is 30.9 Å². The van der Waals surface area contributed by atoms with Gasteiger partial charge in [0.1, 0.15) is 0 Å². The van der Waals surface area contributed by atoms with Gasteiger partial charge in [0.2, 0.25) is 5.91 Å². The zero-order valence-electron chi connectivity index (χ0n) is 10.3. The summed E-state index contributed by atoms with van der Waals surface area (Å²) in [7, 11) is 0. The summed E-state index contributed by atoms with van der Waals surface area (Å²) in [5, 5.41) is 2.99. The van der Waals surface area contributed by atoms with Crippen LogP contribution in [0.4, 0.5) is 0 Å². The first kappa shape index (κ1) is 13.1. The predicted molar refractivity (Wildman–Crippen MR) is 69.6 cm³/mol. The monoisotopic (exact) mass is 237 g/mol. The third-order valence-corrected chi connectivity index (χ3v) is 3.24. The lowest BCUT2D eigenvalue weighted by atomic mass is 10.1. The van der Waals surface area contributed by atoms with E-state index in [0.717, 1.165) is 5.56 Å². The van der Waals surface area contributed by atoms with Crippen molar-refractivity contribution in [2.24, 2.45) is 5.92 Å². The van der Waals surface area contributed by atoms with Crippen LogP contribution in [-0.4, -0.2) is 12.2 Å². The molecule has 0 spiro atoms.